The van der Waals surface area contributed by atoms with E-state index in [9.17, 15) is 0 Å². The van der Waals surface area contributed by atoms with Gasteiger partial charge in [-0.25, -0.2) is 0 Å². The van der Waals surface area contributed by atoms with Crippen LogP contribution in [0, 0.1) is 0 Å². The van der Waals surface area contributed by atoms with Crippen LogP contribution in [0.3, 0.4) is 0 Å². The fraction of sp³-hybridized carbons (Fsp3) is 0.846. The van der Waals surface area contributed by atoms with Crippen LogP contribution in [0.5, 0.6) is 0 Å². The summed E-state index contributed by atoms with van der Waals surface area (Å²) >= 11 is 0. The highest BCUT2D eigenvalue weighted by molar-refractivity contribution is 5.01. The number of hydrogen-bond donors (Lipinski definition) is 1. The summed E-state index contributed by atoms with van der Waals surface area (Å²) in [4.78, 5) is 4.55. The lowest BCUT2D eigenvalue weighted by molar-refractivity contribution is 0.330. The SMILES string of the molecule is CCC(N)C(C)c1nc(C2CCCCC2)no1. The van der Waals surface area contributed by atoms with Crippen LogP contribution in [0.4, 0.5) is 0 Å². The molecular formula is C13H23N3O. The molecular weight excluding hydrogens is 214 g/mol. The highest BCUT2D eigenvalue weighted by Crippen LogP contribution is 2.31. The maximum absolute atomic E-state index is 6.01. The van der Waals surface area contributed by atoms with Crippen molar-refractivity contribution >= 4 is 0 Å². The Labute approximate surface area is 103 Å². The second kappa shape index (κ2) is 5.63. The van der Waals surface area contributed by atoms with Crippen LogP contribution in [0.1, 0.15) is 75.9 Å². The van der Waals surface area contributed by atoms with Crippen molar-refractivity contribution in [1.82, 2.24) is 10.1 Å². The zero-order valence-corrected chi connectivity index (χ0v) is 10.9. The van der Waals surface area contributed by atoms with Crippen LogP contribution in [-0.4, -0.2) is 16.2 Å². The quantitative estimate of drug-likeness (QED) is 0.874. The van der Waals surface area contributed by atoms with Crippen molar-refractivity contribution < 1.29 is 4.52 Å². The third-order valence-corrected chi connectivity index (χ3v) is 3.93. The predicted octanol–water partition coefficient (Wildman–Crippen LogP) is 2.96. The lowest BCUT2D eigenvalue weighted by Gasteiger charge is -2.17. The average Bonchev–Trinajstić information content (AvgIpc) is 2.87. The van der Waals surface area contributed by atoms with Gasteiger partial charge in [-0.2, -0.15) is 4.98 Å². The van der Waals surface area contributed by atoms with Gasteiger partial charge in [-0.3, -0.25) is 0 Å². The fourth-order valence-corrected chi connectivity index (χ4v) is 2.50. The molecule has 0 aromatic carbocycles. The molecule has 2 rings (SSSR count). The summed E-state index contributed by atoms with van der Waals surface area (Å²) < 4.78 is 5.36. The number of hydrogen-bond acceptors (Lipinski definition) is 4. The minimum atomic E-state index is 0.106. The van der Waals surface area contributed by atoms with Gasteiger partial charge in [0, 0.05) is 12.0 Å². The molecule has 2 unspecified atom stereocenters. The van der Waals surface area contributed by atoms with Gasteiger partial charge in [0.05, 0.1) is 5.92 Å². The van der Waals surface area contributed by atoms with E-state index in [0.29, 0.717) is 11.8 Å². The van der Waals surface area contributed by atoms with E-state index in [4.69, 9.17) is 10.3 Å². The van der Waals surface area contributed by atoms with Crippen LogP contribution < -0.4 is 5.73 Å². The smallest absolute Gasteiger partial charge is 0.231 e. The summed E-state index contributed by atoms with van der Waals surface area (Å²) in [6.07, 6.45) is 7.26. The summed E-state index contributed by atoms with van der Waals surface area (Å²) in [5, 5.41) is 4.14. The van der Waals surface area contributed by atoms with Crippen molar-refractivity contribution in [3.8, 4) is 0 Å². The highest BCUT2D eigenvalue weighted by atomic mass is 16.5. The molecule has 0 aliphatic heterocycles. The molecule has 0 amide bonds. The summed E-state index contributed by atoms with van der Waals surface area (Å²) in [6, 6.07) is 0.106. The molecule has 0 bridgehead atoms. The van der Waals surface area contributed by atoms with Crippen LogP contribution in [0.2, 0.25) is 0 Å². The van der Waals surface area contributed by atoms with E-state index in [-0.39, 0.29) is 12.0 Å². The first-order valence-corrected chi connectivity index (χ1v) is 6.81. The Morgan fingerprint density at radius 3 is 2.71 bits per heavy atom. The summed E-state index contributed by atoms with van der Waals surface area (Å²) in [7, 11) is 0. The minimum absolute atomic E-state index is 0.106. The molecule has 0 radical (unpaired) electrons. The van der Waals surface area contributed by atoms with E-state index in [1.807, 2.05) is 0 Å². The lowest BCUT2D eigenvalue weighted by atomic mass is 9.89. The Morgan fingerprint density at radius 2 is 2.06 bits per heavy atom. The molecule has 0 spiro atoms. The molecule has 1 aromatic heterocycles. The third kappa shape index (κ3) is 2.86. The maximum atomic E-state index is 6.01. The van der Waals surface area contributed by atoms with E-state index in [2.05, 4.69) is 24.0 Å². The Hall–Kier alpha value is -0.900. The Kier molecular flexibility index (Phi) is 4.15. The normalized spacial score (nSPS) is 21.4. The molecule has 4 heteroatoms. The van der Waals surface area contributed by atoms with Crippen molar-refractivity contribution in [2.24, 2.45) is 5.73 Å². The molecule has 1 aliphatic carbocycles. The van der Waals surface area contributed by atoms with Gasteiger partial charge in [-0.1, -0.05) is 38.3 Å². The largest absolute Gasteiger partial charge is 0.339 e. The fourth-order valence-electron chi connectivity index (χ4n) is 2.50. The summed E-state index contributed by atoms with van der Waals surface area (Å²) in [6.45, 7) is 4.14. The molecule has 2 atom stereocenters. The van der Waals surface area contributed by atoms with Crippen LogP contribution in [0.15, 0.2) is 4.52 Å². The Balaban J connectivity index is 2.04. The second-order valence-corrected chi connectivity index (χ2v) is 5.19. The zero-order chi connectivity index (χ0) is 12.3. The summed E-state index contributed by atoms with van der Waals surface area (Å²) in [5.74, 6) is 2.27. The van der Waals surface area contributed by atoms with Gasteiger partial charge in [-0.05, 0) is 19.3 Å². The average molecular weight is 237 g/mol. The minimum Gasteiger partial charge on any atom is -0.339 e. The highest BCUT2D eigenvalue weighted by Gasteiger charge is 2.24. The predicted molar refractivity (Wildman–Crippen MR) is 66.8 cm³/mol. The molecule has 1 fully saturated rings. The Morgan fingerprint density at radius 1 is 1.35 bits per heavy atom. The van der Waals surface area contributed by atoms with Crippen LogP contribution in [-0.2, 0) is 0 Å². The van der Waals surface area contributed by atoms with E-state index >= 15 is 0 Å². The first-order valence-electron chi connectivity index (χ1n) is 6.81. The van der Waals surface area contributed by atoms with Gasteiger partial charge in [0.25, 0.3) is 0 Å². The first kappa shape index (κ1) is 12.6. The van der Waals surface area contributed by atoms with Crippen molar-refractivity contribution in [2.45, 2.75) is 70.3 Å². The van der Waals surface area contributed by atoms with Gasteiger partial charge in [0.2, 0.25) is 5.89 Å². The molecule has 1 aromatic rings. The first-order chi connectivity index (χ1) is 8.22. The van der Waals surface area contributed by atoms with Gasteiger partial charge in [-0.15, -0.1) is 0 Å². The number of aromatic nitrogens is 2. The van der Waals surface area contributed by atoms with Crippen LogP contribution in [0.25, 0.3) is 0 Å². The van der Waals surface area contributed by atoms with E-state index in [1.165, 1.54) is 32.1 Å². The molecule has 1 heterocycles. The van der Waals surface area contributed by atoms with Gasteiger partial charge < -0.3 is 10.3 Å². The summed E-state index contributed by atoms with van der Waals surface area (Å²) in [5.41, 5.74) is 6.01. The lowest BCUT2D eigenvalue weighted by Crippen LogP contribution is -2.25. The maximum Gasteiger partial charge on any atom is 0.231 e. The van der Waals surface area contributed by atoms with E-state index in [1.54, 1.807) is 0 Å². The van der Waals surface area contributed by atoms with Gasteiger partial charge in [0.15, 0.2) is 5.82 Å². The van der Waals surface area contributed by atoms with Gasteiger partial charge >= 0.3 is 0 Å². The molecule has 1 aliphatic rings. The van der Waals surface area contributed by atoms with Crippen LogP contribution >= 0.6 is 0 Å². The number of rotatable bonds is 4. The third-order valence-electron chi connectivity index (χ3n) is 3.93. The van der Waals surface area contributed by atoms with Crippen molar-refractivity contribution in [1.29, 1.82) is 0 Å². The monoisotopic (exact) mass is 237 g/mol. The topological polar surface area (TPSA) is 64.9 Å². The second-order valence-electron chi connectivity index (χ2n) is 5.19. The number of nitrogens with zero attached hydrogens (tertiary/aromatic N) is 2. The molecule has 4 nitrogen and oxygen atoms in total. The van der Waals surface area contributed by atoms with Crippen molar-refractivity contribution in [2.75, 3.05) is 0 Å². The van der Waals surface area contributed by atoms with Crippen molar-refractivity contribution in [3.63, 3.8) is 0 Å². The molecule has 0 saturated heterocycles. The van der Waals surface area contributed by atoms with Gasteiger partial charge in [0.1, 0.15) is 0 Å². The van der Waals surface area contributed by atoms with E-state index in [0.717, 1.165) is 12.2 Å². The molecule has 2 N–H and O–H groups in total. The Bertz CT molecular complexity index is 328. The molecule has 17 heavy (non-hydrogen) atoms. The molecule has 1 saturated carbocycles. The standard InChI is InChI=1S/C13H23N3O/c1-3-11(14)9(2)13-15-12(16-17-13)10-7-5-4-6-8-10/h9-11H,3-8,14H2,1-2H3. The zero-order valence-electron chi connectivity index (χ0n) is 10.9. The van der Waals surface area contributed by atoms with E-state index < -0.39 is 0 Å². The molecule has 96 valence electrons. The number of nitrogens with two attached hydrogens (primary N) is 1. The van der Waals surface area contributed by atoms with Crippen molar-refractivity contribution in [3.05, 3.63) is 11.7 Å².